The third kappa shape index (κ3) is 3.11. The summed E-state index contributed by atoms with van der Waals surface area (Å²) in [6.45, 7) is 5.27. The van der Waals surface area contributed by atoms with Crippen LogP contribution in [0.5, 0.6) is 0 Å². The standard InChI is InChI=1S/C14H16ClN3O2S/c1-8-6-12(16)10(3)14(9(8)2)21(19,20)18-13-5-4-11(15)7-17-13/h4-7H,16H2,1-3H3,(H,17,18). The molecule has 0 aliphatic heterocycles. The second-order valence-corrected chi connectivity index (χ2v) is 6.88. The lowest BCUT2D eigenvalue weighted by atomic mass is 10.1. The van der Waals surface area contributed by atoms with Gasteiger partial charge in [0.2, 0.25) is 0 Å². The van der Waals surface area contributed by atoms with Crippen LogP contribution < -0.4 is 10.5 Å². The van der Waals surface area contributed by atoms with E-state index in [1.165, 1.54) is 12.3 Å². The number of sulfonamides is 1. The SMILES string of the molecule is Cc1cc(N)c(C)c(S(=O)(=O)Nc2ccc(Cl)cn2)c1C. The monoisotopic (exact) mass is 325 g/mol. The molecule has 0 atom stereocenters. The Kier molecular flexibility index (Phi) is 4.11. The van der Waals surface area contributed by atoms with Gasteiger partial charge in [-0.1, -0.05) is 11.6 Å². The molecule has 0 spiro atoms. The summed E-state index contributed by atoms with van der Waals surface area (Å²) < 4.78 is 27.6. The molecular weight excluding hydrogens is 310 g/mol. The molecule has 0 amide bonds. The number of pyridine rings is 1. The van der Waals surface area contributed by atoms with Crippen LogP contribution in [0.15, 0.2) is 29.3 Å². The number of aromatic nitrogens is 1. The number of nitrogens with zero attached hydrogens (tertiary/aromatic N) is 1. The topological polar surface area (TPSA) is 85.1 Å². The minimum absolute atomic E-state index is 0.191. The minimum Gasteiger partial charge on any atom is -0.398 e. The normalized spacial score (nSPS) is 11.4. The molecule has 7 heteroatoms. The number of nitrogens with one attached hydrogen (secondary N) is 1. The van der Waals surface area contributed by atoms with E-state index >= 15 is 0 Å². The number of benzene rings is 1. The van der Waals surface area contributed by atoms with Gasteiger partial charge in [-0.25, -0.2) is 13.4 Å². The zero-order valence-electron chi connectivity index (χ0n) is 11.9. The number of aryl methyl sites for hydroxylation is 1. The number of nitrogens with two attached hydrogens (primary N) is 1. The Hall–Kier alpha value is -1.79. The second kappa shape index (κ2) is 5.54. The molecule has 0 unspecified atom stereocenters. The number of halogens is 1. The second-order valence-electron chi connectivity index (χ2n) is 4.83. The van der Waals surface area contributed by atoms with Crippen molar-refractivity contribution in [1.82, 2.24) is 4.98 Å². The molecule has 0 aliphatic rings. The first-order valence-electron chi connectivity index (χ1n) is 6.23. The van der Waals surface area contributed by atoms with E-state index in [1.54, 1.807) is 26.0 Å². The van der Waals surface area contributed by atoms with Gasteiger partial charge in [-0.15, -0.1) is 0 Å². The van der Waals surface area contributed by atoms with Gasteiger partial charge in [0.1, 0.15) is 5.82 Å². The van der Waals surface area contributed by atoms with Crippen LogP contribution in [-0.2, 0) is 10.0 Å². The molecule has 1 aromatic carbocycles. The van der Waals surface area contributed by atoms with Gasteiger partial charge in [-0.2, -0.15) is 0 Å². The molecule has 0 fully saturated rings. The fraction of sp³-hybridized carbons (Fsp3) is 0.214. The number of anilines is 2. The highest BCUT2D eigenvalue weighted by Gasteiger charge is 2.22. The van der Waals surface area contributed by atoms with Gasteiger partial charge in [0.25, 0.3) is 10.0 Å². The molecule has 3 N–H and O–H groups in total. The third-order valence-electron chi connectivity index (χ3n) is 3.31. The Morgan fingerprint density at radius 1 is 1.19 bits per heavy atom. The molecule has 2 rings (SSSR count). The molecular formula is C14H16ClN3O2S. The van der Waals surface area contributed by atoms with Gasteiger partial charge in [-0.3, -0.25) is 4.72 Å². The van der Waals surface area contributed by atoms with Crippen LogP contribution in [0.2, 0.25) is 5.02 Å². The van der Waals surface area contributed by atoms with Crippen molar-refractivity contribution in [2.45, 2.75) is 25.7 Å². The van der Waals surface area contributed by atoms with Gasteiger partial charge in [0.15, 0.2) is 0 Å². The zero-order valence-corrected chi connectivity index (χ0v) is 13.5. The molecule has 1 heterocycles. The van der Waals surface area contributed by atoms with Gasteiger partial charge < -0.3 is 5.73 Å². The van der Waals surface area contributed by atoms with E-state index in [2.05, 4.69) is 9.71 Å². The van der Waals surface area contributed by atoms with E-state index in [1.807, 2.05) is 6.92 Å². The average molecular weight is 326 g/mol. The van der Waals surface area contributed by atoms with E-state index in [-0.39, 0.29) is 10.7 Å². The van der Waals surface area contributed by atoms with E-state index in [9.17, 15) is 8.42 Å². The first-order valence-corrected chi connectivity index (χ1v) is 8.09. The summed E-state index contributed by atoms with van der Waals surface area (Å²) in [6.07, 6.45) is 1.38. The van der Waals surface area contributed by atoms with Crippen LogP contribution in [0, 0.1) is 20.8 Å². The number of hydrogen-bond donors (Lipinski definition) is 2. The van der Waals surface area contributed by atoms with E-state index in [0.29, 0.717) is 21.8 Å². The highest BCUT2D eigenvalue weighted by molar-refractivity contribution is 7.92. The van der Waals surface area contributed by atoms with Gasteiger partial charge in [-0.05, 0) is 55.7 Å². The van der Waals surface area contributed by atoms with Crippen molar-refractivity contribution in [2.24, 2.45) is 0 Å². The Morgan fingerprint density at radius 3 is 2.43 bits per heavy atom. The van der Waals surface area contributed by atoms with Crippen LogP contribution in [0.4, 0.5) is 11.5 Å². The number of hydrogen-bond acceptors (Lipinski definition) is 4. The first-order chi connectivity index (χ1) is 9.72. The summed E-state index contributed by atoms with van der Waals surface area (Å²) in [5.41, 5.74) is 8.34. The molecule has 112 valence electrons. The van der Waals surface area contributed by atoms with Crippen molar-refractivity contribution in [3.63, 3.8) is 0 Å². The maximum Gasteiger partial charge on any atom is 0.263 e. The lowest BCUT2D eigenvalue weighted by Crippen LogP contribution is -2.17. The molecule has 2 aromatic rings. The Bertz CT molecular complexity index is 761. The molecule has 0 aliphatic carbocycles. The van der Waals surface area contributed by atoms with Gasteiger partial charge >= 0.3 is 0 Å². The Labute approximate surface area is 129 Å². The molecule has 0 bridgehead atoms. The van der Waals surface area contributed by atoms with Crippen molar-refractivity contribution in [3.05, 3.63) is 46.1 Å². The molecule has 5 nitrogen and oxygen atoms in total. The number of rotatable bonds is 3. The van der Waals surface area contributed by atoms with Crippen molar-refractivity contribution in [2.75, 3.05) is 10.5 Å². The summed E-state index contributed by atoms with van der Waals surface area (Å²) >= 11 is 5.74. The van der Waals surface area contributed by atoms with Crippen LogP contribution in [-0.4, -0.2) is 13.4 Å². The first kappa shape index (κ1) is 15.6. The maximum atomic E-state index is 12.6. The maximum absolute atomic E-state index is 12.6. The van der Waals surface area contributed by atoms with Crippen molar-refractivity contribution in [3.8, 4) is 0 Å². The highest BCUT2D eigenvalue weighted by Crippen LogP contribution is 2.29. The highest BCUT2D eigenvalue weighted by atomic mass is 35.5. The summed E-state index contributed by atoms with van der Waals surface area (Å²) in [6, 6.07) is 4.84. The molecule has 0 radical (unpaired) electrons. The largest absolute Gasteiger partial charge is 0.398 e. The zero-order chi connectivity index (χ0) is 15.8. The smallest absolute Gasteiger partial charge is 0.263 e. The van der Waals surface area contributed by atoms with E-state index < -0.39 is 10.0 Å². The van der Waals surface area contributed by atoms with Crippen molar-refractivity contribution >= 4 is 33.1 Å². The number of nitrogen functional groups attached to an aromatic ring is 1. The van der Waals surface area contributed by atoms with Gasteiger partial charge in [0.05, 0.1) is 9.92 Å². The molecule has 1 aromatic heterocycles. The minimum atomic E-state index is -3.77. The predicted molar refractivity (Wildman–Crippen MR) is 85.1 cm³/mol. The van der Waals surface area contributed by atoms with E-state index in [0.717, 1.165) is 5.56 Å². The lowest BCUT2D eigenvalue weighted by molar-refractivity contribution is 0.599. The van der Waals surface area contributed by atoms with Crippen LogP contribution in [0.25, 0.3) is 0 Å². The van der Waals surface area contributed by atoms with Crippen LogP contribution in [0.1, 0.15) is 16.7 Å². The summed E-state index contributed by atoms with van der Waals surface area (Å²) in [7, 11) is -3.77. The fourth-order valence-electron chi connectivity index (χ4n) is 2.07. The molecule has 0 saturated carbocycles. The lowest BCUT2D eigenvalue weighted by Gasteiger charge is -2.16. The van der Waals surface area contributed by atoms with Gasteiger partial charge in [0, 0.05) is 11.9 Å². The average Bonchev–Trinajstić information content (AvgIpc) is 2.39. The summed E-state index contributed by atoms with van der Waals surface area (Å²) in [4.78, 5) is 4.13. The van der Waals surface area contributed by atoms with Crippen molar-refractivity contribution in [1.29, 1.82) is 0 Å². The molecule has 0 saturated heterocycles. The summed E-state index contributed by atoms with van der Waals surface area (Å²) in [5.74, 6) is 0.207. The van der Waals surface area contributed by atoms with E-state index in [4.69, 9.17) is 17.3 Å². The summed E-state index contributed by atoms with van der Waals surface area (Å²) in [5, 5.41) is 0.435. The van der Waals surface area contributed by atoms with Crippen molar-refractivity contribution < 1.29 is 8.42 Å². The third-order valence-corrected chi connectivity index (χ3v) is 5.16. The molecule has 21 heavy (non-hydrogen) atoms. The predicted octanol–water partition coefficient (Wildman–Crippen LogP) is 3.04. The van der Waals surface area contributed by atoms with Crippen LogP contribution >= 0.6 is 11.6 Å². The van der Waals surface area contributed by atoms with Crippen LogP contribution in [0.3, 0.4) is 0 Å². The Balaban J connectivity index is 2.52. The fourth-order valence-corrected chi connectivity index (χ4v) is 3.76. The quantitative estimate of drug-likeness (QED) is 0.849. The Morgan fingerprint density at radius 2 is 1.86 bits per heavy atom.